The van der Waals surface area contributed by atoms with Crippen LogP contribution in [0.15, 0.2) is 24.3 Å². The Hall–Kier alpha value is -2.56. The quantitative estimate of drug-likeness (QED) is 0.640. The average Bonchev–Trinajstić information content (AvgIpc) is 2.47. The van der Waals surface area contributed by atoms with E-state index >= 15 is 0 Å². The summed E-state index contributed by atoms with van der Waals surface area (Å²) in [4.78, 5) is 2.31. The maximum atomic E-state index is 6.03. The van der Waals surface area contributed by atoms with Crippen molar-refractivity contribution in [3.05, 3.63) is 29.8 Å². The molecule has 0 aromatic heterocycles. The third-order valence-corrected chi connectivity index (χ3v) is 4.04. The summed E-state index contributed by atoms with van der Waals surface area (Å²) < 4.78 is 6.02. The Labute approximate surface area is 130 Å². The number of rotatable bonds is 3. The number of anilines is 5. The molecule has 0 unspecified atom stereocenters. The molecule has 5 nitrogen and oxygen atoms in total. The van der Waals surface area contributed by atoms with E-state index in [0.29, 0.717) is 17.1 Å². The number of aryl methyl sites for hydroxylation is 1. The molecular weight excluding hydrogens is 276 g/mol. The third-order valence-electron chi connectivity index (χ3n) is 4.04. The molecule has 1 heterocycles. The van der Waals surface area contributed by atoms with Crippen molar-refractivity contribution in [2.75, 3.05) is 34.8 Å². The molecule has 0 atom stereocenters. The predicted octanol–water partition coefficient (Wildman–Crippen LogP) is 3.85. The monoisotopic (exact) mass is 298 g/mol. The van der Waals surface area contributed by atoms with Crippen LogP contribution in [0.2, 0.25) is 0 Å². The van der Waals surface area contributed by atoms with Crippen molar-refractivity contribution in [2.24, 2.45) is 0 Å². The maximum Gasteiger partial charge on any atom is 0.155 e. The second-order valence-corrected chi connectivity index (χ2v) is 5.52. The fourth-order valence-corrected chi connectivity index (χ4v) is 2.89. The molecule has 3 rings (SSSR count). The fraction of sp³-hybridized carbons (Fsp3) is 0.294. The van der Waals surface area contributed by atoms with E-state index in [1.807, 2.05) is 0 Å². The number of nitrogens with two attached hydrogens (primary N) is 2. The van der Waals surface area contributed by atoms with Crippen LogP contribution in [-0.4, -0.2) is 13.1 Å². The third kappa shape index (κ3) is 2.28. The Morgan fingerprint density at radius 3 is 2.45 bits per heavy atom. The summed E-state index contributed by atoms with van der Waals surface area (Å²) in [5.74, 6) is 1.46. The number of hydrogen-bond donors (Lipinski definition) is 3. The van der Waals surface area contributed by atoms with E-state index in [9.17, 15) is 0 Å². The lowest BCUT2D eigenvalue weighted by Crippen LogP contribution is -2.23. The highest BCUT2D eigenvalue weighted by molar-refractivity contribution is 5.87. The van der Waals surface area contributed by atoms with E-state index in [2.05, 4.69) is 43.1 Å². The zero-order chi connectivity index (χ0) is 15.9. The van der Waals surface area contributed by atoms with Gasteiger partial charge in [-0.25, -0.2) is 0 Å². The van der Waals surface area contributed by atoms with Crippen molar-refractivity contribution in [1.82, 2.24) is 0 Å². The van der Waals surface area contributed by atoms with E-state index in [4.69, 9.17) is 16.2 Å². The summed E-state index contributed by atoms with van der Waals surface area (Å²) in [6.07, 6.45) is 0. The Kier molecular flexibility index (Phi) is 3.48. The van der Waals surface area contributed by atoms with Crippen LogP contribution in [0.5, 0.6) is 11.5 Å². The van der Waals surface area contributed by atoms with Gasteiger partial charge in [-0.05, 0) is 38.5 Å². The van der Waals surface area contributed by atoms with Gasteiger partial charge in [0.2, 0.25) is 0 Å². The molecule has 1 aliphatic rings. The molecule has 0 saturated heterocycles. The van der Waals surface area contributed by atoms with Gasteiger partial charge in [-0.3, -0.25) is 0 Å². The topological polar surface area (TPSA) is 76.5 Å². The van der Waals surface area contributed by atoms with Crippen molar-refractivity contribution in [1.29, 1.82) is 0 Å². The van der Waals surface area contributed by atoms with Gasteiger partial charge in [0.25, 0.3) is 0 Å². The van der Waals surface area contributed by atoms with Crippen molar-refractivity contribution in [3.8, 4) is 11.5 Å². The average molecular weight is 298 g/mol. The first kappa shape index (κ1) is 14.4. The van der Waals surface area contributed by atoms with Crippen LogP contribution in [-0.2, 0) is 0 Å². The van der Waals surface area contributed by atoms with Gasteiger partial charge in [0.1, 0.15) is 5.69 Å². The highest BCUT2D eigenvalue weighted by Crippen LogP contribution is 2.47. The molecule has 2 aromatic rings. The lowest BCUT2D eigenvalue weighted by Gasteiger charge is -2.28. The minimum Gasteiger partial charge on any atom is -0.453 e. The van der Waals surface area contributed by atoms with Crippen LogP contribution < -0.4 is 26.4 Å². The lowest BCUT2D eigenvalue weighted by molar-refractivity contribution is 0.481. The van der Waals surface area contributed by atoms with Crippen LogP contribution in [0.4, 0.5) is 28.4 Å². The summed E-state index contributed by atoms with van der Waals surface area (Å²) in [7, 11) is 0. The first-order valence-corrected chi connectivity index (χ1v) is 7.57. The number of fused-ring (bicyclic) bond motifs is 2. The van der Waals surface area contributed by atoms with E-state index in [-0.39, 0.29) is 0 Å². The smallest absolute Gasteiger partial charge is 0.155 e. The standard InChI is InChI=1S/C17H22N4O/c1-4-21(5-2)14-9-15-13(6-10(14)3)20-17-12(19)7-11(18)8-16(17)22-15/h6-9,20H,4-5,18-19H2,1-3H3. The number of hydrogen-bond acceptors (Lipinski definition) is 5. The highest BCUT2D eigenvalue weighted by Gasteiger charge is 2.21. The summed E-state index contributed by atoms with van der Waals surface area (Å²) in [6.45, 7) is 8.33. The van der Waals surface area contributed by atoms with E-state index in [1.165, 1.54) is 11.3 Å². The number of benzene rings is 2. The van der Waals surface area contributed by atoms with E-state index in [1.54, 1.807) is 12.1 Å². The molecule has 0 spiro atoms. The molecular formula is C17H22N4O. The molecule has 5 N–H and O–H groups in total. The Morgan fingerprint density at radius 1 is 1.05 bits per heavy atom. The summed E-state index contributed by atoms with van der Waals surface area (Å²) >= 11 is 0. The number of nitrogens with one attached hydrogen (secondary N) is 1. The van der Waals surface area contributed by atoms with Crippen molar-refractivity contribution < 1.29 is 4.74 Å². The summed E-state index contributed by atoms with van der Waals surface area (Å²) in [5.41, 5.74) is 17.2. The van der Waals surface area contributed by atoms with Gasteiger partial charge in [0, 0.05) is 36.6 Å². The minimum atomic E-state index is 0.589. The molecule has 0 radical (unpaired) electrons. The normalized spacial score (nSPS) is 12.0. The Balaban J connectivity index is 2.06. The van der Waals surface area contributed by atoms with Crippen molar-refractivity contribution in [2.45, 2.75) is 20.8 Å². The Morgan fingerprint density at radius 2 is 1.77 bits per heavy atom. The summed E-state index contributed by atoms with van der Waals surface area (Å²) in [5, 5.41) is 3.35. The SMILES string of the molecule is CCN(CC)c1cc2c(cc1C)Nc1c(N)cc(N)cc1O2. The van der Waals surface area contributed by atoms with Crippen LogP contribution >= 0.6 is 0 Å². The predicted molar refractivity (Wildman–Crippen MR) is 93.4 cm³/mol. The number of ether oxygens (including phenoxy) is 1. The van der Waals surface area contributed by atoms with Gasteiger partial charge in [-0.1, -0.05) is 0 Å². The molecule has 0 aliphatic carbocycles. The molecule has 0 fully saturated rings. The first-order valence-electron chi connectivity index (χ1n) is 7.57. The molecule has 0 amide bonds. The van der Waals surface area contributed by atoms with Gasteiger partial charge in [0.05, 0.1) is 11.4 Å². The molecule has 0 saturated carbocycles. The van der Waals surface area contributed by atoms with E-state index in [0.717, 1.165) is 30.2 Å². The van der Waals surface area contributed by atoms with Gasteiger partial charge < -0.3 is 26.4 Å². The first-order chi connectivity index (χ1) is 10.5. The fourth-order valence-electron chi connectivity index (χ4n) is 2.89. The lowest BCUT2D eigenvalue weighted by atomic mass is 10.1. The second kappa shape index (κ2) is 5.33. The van der Waals surface area contributed by atoms with Gasteiger partial charge in [-0.15, -0.1) is 0 Å². The van der Waals surface area contributed by atoms with Gasteiger partial charge >= 0.3 is 0 Å². The zero-order valence-electron chi connectivity index (χ0n) is 13.2. The van der Waals surface area contributed by atoms with Crippen LogP contribution in [0, 0.1) is 6.92 Å². The van der Waals surface area contributed by atoms with Gasteiger partial charge in [-0.2, -0.15) is 0 Å². The molecule has 116 valence electrons. The van der Waals surface area contributed by atoms with Gasteiger partial charge in [0.15, 0.2) is 11.5 Å². The second-order valence-electron chi connectivity index (χ2n) is 5.52. The van der Waals surface area contributed by atoms with E-state index < -0.39 is 0 Å². The largest absolute Gasteiger partial charge is 0.453 e. The maximum absolute atomic E-state index is 6.03. The molecule has 0 bridgehead atoms. The minimum absolute atomic E-state index is 0.589. The van der Waals surface area contributed by atoms with Crippen LogP contribution in [0.1, 0.15) is 19.4 Å². The Bertz CT molecular complexity index is 723. The van der Waals surface area contributed by atoms with Crippen LogP contribution in [0.3, 0.4) is 0 Å². The highest BCUT2D eigenvalue weighted by atomic mass is 16.5. The molecule has 2 aromatic carbocycles. The summed E-state index contributed by atoms with van der Waals surface area (Å²) in [6, 6.07) is 7.70. The number of nitrogen functional groups attached to an aromatic ring is 2. The van der Waals surface area contributed by atoms with Crippen LogP contribution in [0.25, 0.3) is 0 Å². The zero-order valence-corrected chi connectivity index (χ0v) is 13.2. The van der Waals surface area contributed by atoms with Crippen molar-refractivity contribution in [3.63, 3.8) is 0 Å². The number of nitrogens with zero attached hydrogens (tertiary/aromatic N) is 1. The van der Waals surface area contributed by atoms with Crippen molar-refractivity contribution >= 4 is 28.4 Å². The molecule has 1 aliphatic heterocycles. The molecule has 22 heavy (non-hydrogen) atoms. The molecule has 5 heteroatoms.